The third-order valence-corrected chi connectivity index (χ3v) is 5.72. The molecule has 122 valence electrons. The first-order valence-corrected chi connectivity index (χ1v) is 8.18. The van der Waals surface area contributed by atoms with Crippen LogP contribution in [-0.2, 0) is 5.54 Å². The van der Waals surface area contributed by atoms with Gasteiger partial charge in [0.15, 0.2) is 0 Å². The van der Waals surface area contributed by atoms with Crippen LogP contribution in [0.1, 0.15) is 44.0 Å². The first-order valence-electron chi connectivity index (χ1n) is 8.18. The monoisotopic (exact) mass is 323 g/mol. The van der Waals surface area contributed by atoms with Crippen LogP contribution in [-0.4, -0.2) is 40.5 Å². The van der Waals surface area contributed by atoms with Crippen molar-refractivity contribution in [3.8, 4) is 0 Å². The lowest BCUT2D eigenvalue weighted by Crippen LogP contribution is -2.39. The molecule has 0 aliphatic carbocycles. The molecule has 3 aliphatic rings. The van der Waals surface area contributed by atoms with E-state index in [0.29, 0.717) is 23.9 Å². The van der Waals surface area contributed by atoms with Crippen LogP contribution < -0.4 is 5.32 Å². The van der Waals surface area contributed by atoms with Gasteiger partial charge in [0, 0.05) is 43.1 Å². The van der Waals surface area contributed by atoms with Gasteiger partial charge in [0.25, 0.3) is 5.91 Å². The van der Waals surface area contributed by atoms with E-state index in [1.807, 2.05) is 18.5 Å². The summed E-state index contributed by atoms with van der Waals surface area (Å²) in [6.07, 6.45) is 6.44. The van der Waals surface area contributed by atoms with E-state index in [2.05, 4.69) is 35.6 Å². The van der Waals surface area contributed by atoms with E-state index >= 15 is 0 Å². The molecule has 2 bridgehead atoms. The molecular formula is C17H26ClN3O. The molecule has 4 rings (SSSR count). The number of nitrogens with zero attached hydrogens (tertiary/aromatic N) is 2. The van der Waals surface area contributed by atoms with Gasteiger partial charge in [-0.05, 0) is 51.5 Å². The summed E-state index contributed by atoms with van der Waals surface area (Å²) in [6, 6.07) is 2.93. The number of hydrogen-bond donors (Lipinski definition) is 1. The van der Waals surface area contributed by atoms with Gasteiger partial charge in [-0.3, -0.25) is 4.79 Å². The average molecular weight is 324 g/mol. The molecular weight excluding hydrogens is 298 g/mol. The van der Waals surface area contributed by atoms with Crippen LogP contribution in [0, 0.1) is 11.8 Å². The van der Waals surface area contributed by atoms with E-state index in [0.717, 1.165) is 18.7 Å². The molecule has 4 heterocycles. The fourth-order valence-electron chi connectivity index (χ4n) is 4.66. The Morgan fingerprint density at radius 1 is 1.18 bits per heavy atom. The third-order valence-electron chi connectivity index (χ3n) is 5.72. The maximum atomic E-state index is 13.0. The van der Waals surface area contributed by atoms with Crippen molar-refractivity contribution in [2.24, 2.45) is 11.8 Å². The summed E-state index contributed by atoms with van der Waals surface area (Å²) >= 11 is 0. The Morgan fingerprint density at radius 3 is 2.27 bits per heavy atom. The summed E-state index contributed by atoms with van der Waals surface area (Å²) in [4.78, 5) is 15.2. The minimum Gasteiger partial charge on any atom is -0.348 e. The molecule has 5 heteroatoms. The lowest BCUT2D eigenvalue weighted by Gasteiger charge is -2.25. The molecule has 1 amide bonds. The summed E-state index contributed by atoms with van der Waals surface area (Å²) in [5, 5.41) is 3.51. The highest BCUT2D eigenvalue weighted by Crippen LogP contribution is 2.47. The Hall–Kier alpha value is -1.00. The van der Waals surface area contributed by atoms with Crippen molar-refractivity contribution < 1.29 is 4.79 Å². The van der Waals surface area contributed by atoms with Crippen molar-refractivity contribution in [3.63, 3.8) is 0 Å². The Kier molecular flexibility index (Phi) is 3.81. The number of hydrogen-bond acceptors (Lipinski definition) is 2. The molecule has 0 unspecified atom stereocenters. The van der Waals surface area contributed by atoms with Crippen LogP contribution >= 0.6 is 12.4 Å². The lowest BCUT2D eigenvalue weighted by molar-refractivity contribution is 0.0709. The van der Waals surface area contributed by atoms with Crippen molar-refractivity contribution in [3.05, 3.63) is 24.0 Å². The molecule has 0 spiro atoms. The Labute approximate surface area is 138 Å². The topological polar surface area (TPSA) is 37.3 Å². The normalized spacial score (nSPS) is 33.0. The van der Waals surface area contributed by atoms with Crippen molar-refractivity contribution in [1.82, 2.24) is 14.8 Å². The Balaban J connectivity index is 0.00000144. The predicted molar refractivity (Wildman–Crippen MR) is 89.5 cm³/mol. The summed E-state index contributed by atoms with van der Waals surface area (Å²) in [7, 11) is 0. The average Bonchev–Trinajstić information content (AvgIpc) is 3.18. The highest BCUT2D eigenvalue weighted by atomic mass is 35.5. The quantitative estimate of drug-likeness (QED) is 0.862. The number of carbonyl (C=O) groups excluding carboxylic acids is 1. The van der Waals surface area contributed by atoms with Crippen molar-refractivity contribution >= 4 is 18.3 Å². The molecule has 3 saturated heterocycles. The Bertz CT molecular complexity index is 559. The maximum Gasteiger partial charge on any atom is 0.255 e. The molecule has 4 nitrogen and oxygen atoms in total. The molecule has 22 heavy (non-hydrogen) atoms. The van der Waals surface area contributed by atoms with Gasteiger partial charge >= 0.3 is 0 Å². The van der Waals surface area contributed by atoms with E-state index in [9.17, 15) is 4.79 Å². The van der Waals surface area contributed by atoms with Gasteiger partial charge in [0.1, 0.15) is 0 Å². The van der Waals surface area contributed by atoms with Gasteiger partial charge in [-0.15, -0.1) is 12.4 Å². The van der Waals surface area contributed by atoms with E-state index in [1.165, 1.54) is 12.8 Å². The number of carbonyl (C=O) groups is 1. The zero-order chi connectivity index (χ0) is 14.8. The molecule has 0 radical (unpaired) electrons. The van der Waals surface area contributed by atoms with Crippen molar-refractivity contribution in [1.29, 1.82) is 0 Å². The van der Waals surface area contributed by atoms with E-state index in [1.54, 1.807) is 0 Å². The van der Waals surface area contributed by atoms with Crippen LogP contribution in [0.2, 0.25) is 0 Å². The van der Waals surface area contributed by atoms with Gasteiger partial charge in [-0.25, -0.2) is 0 Å². The summed E-state index contributed by atoms with van der Waals surface area (Å²) < 4.78 is 2.14. The predicted octanol–water partition coefficient (Wildman–Crippen LogP) is 2.49. The highest BCUT2D eigenvalue weighted by Gasteiger charge is 2.56. The van der Waals surface area contributed by atoms with Crippen LogP contribution in [0.25, 0.3) is 0 Å². The highest BCUT2D eigenvalue weighted by molar-refractivity contribution is 5.95. The number of fused-ring (bicyclic) bond motifs is 5. The summed E-state index contributed by atoms with van der Waals surface area (Å²) in [6.45, 7) is 8.68. The number of aromatic nitrogens is 1. The minimum atomic E-state index is 0. The molecule has 0 saturated carbocycles. The lowest BCUT2D eigenvalue weighted by atomic mass is 9.82. The number of nitrogens with one attached hydrogen (secondary N) is 1. The molecule has 4 atom stereocenters. The number of halogens is 1. The Morgan fingerprint density at radius 2 is 1.77 bits per heavy atom. The zero-order valence-corrected chi connectivity index (χ0v) is 14.4. The van der Waals surface area contributed by atoms with Crippen LogP contribution in [0.5, 0.6) is 0 Å². The SMILES string of the molecule is CC(C)(C)n1ccc(C(=O)N2[C@@H]3CC[C@H]2[C@H]2CNC[C@H]23)c1.Cl. The summed E-state index contributed by atoms with van der Waals surface area (Å²) in [5.41, 5.74) is 0.887. The molecule has 3 fully saturated rings. The van der Waals surface area contributed by atoms with Gasteiger partial charge in [0.05, 0.1) is 5.56 Å². The molecule has 1 aromatic rings. The summed E-state index contributed by atoms with van der Waals surface area (Å²) in [5.74, 6) is 1.63. The van der Waals surface area contributed by atoms with Crippen molar-refractivity contribution in [2.75, 3.05) is 13.1 Å². The van der Waals surface area contributed by atoms with Gasteiger partial charge < -0.3 is 14.8 Å². The van der Waals surface area contributed by atoms with E-state index in [4.69, 9.17) is 0 Å². The van der Waals surface area contributed by atoms with E-state index < -0.39 is 0 Å². The smallest absolute Gasteiger partial charge is 0.255 e. The molecule has 1 aromatic heterocycles. The second-order valence-corrected chi connectivity index (χ2v) is 7.89. The maximum absolute atomic E-state index is 13.0. The molecule has 1 N–H and O–H groups in total. The van der Waals surface area contributed by atoms with Gasteiger partial charge in [0.2, 0.25) is 0 Å². The van der Waals surface area contributed by atoms with Crippen LogP contribution in [0.4, 0.5) is 0 Å². The standard InChI is InChI=1S/C17H25N3O.ClH/c1-17(2,3)19-7-6-11(10-19)16(21)20-14-4-5-15(20)13-9-18-8-12(13)14;/h6-7,10,12-15,18H,4-5,8-9H2,1-3H3;1H/t12-,13+,14-,15+;. The van der Waals surface area contributed by atoms with E-state index in [-0.39, 0.29) is 23.9 Å². The number of rotatable bonds is 1. The van der Waals surface area contributed by atoms with Gasteiger partial charge in [-0.2, -0.15) is 0 Å². The second kappa shape index (κ2) is 5.27. The third kappa shape index (κ3) is 2.19. The number of amides is 1. The fourth-order valence-corrected chi connectivity index (χ4v) is 4.66. The second-order valence-electron chi connectivity index (χ2n) is 7.89. The largest absolute Gasteiger partial charge is 0.348 e. The van der Waals surface area contributed by atoms with Gasteiger partial charge in [-0.1, -0.05) is 0 Å². The van der Waals surface area contributed by atoms with Crippen LogP contribution in [0.15, 0.2) is 18.5 Å². The fraction of sp³-hybridized carbons (Fsp3) is 0.706. The van der Waals surface area contributed by atoms with Crippen molar-refractivity contribution in [2.45, 2.75) is 51.2 Å². The molecule has 0 aromatic carbocycles. The minimum absolute atomic E-state index is 0. The van der Waals surface area contributed by atoms with Crippen LogP contribution in [0.3, 0.4) is 0 Å². The molecule has 3 aliphatic heterocycles. The first kappa shape index (κ1) is 15.9. The first-order chi connectivity index (χ1) is 9.97. The zero-order valence-electron chi connectivity index (χ0n) is 13.6.